The molecule has 0 fully saturated rings. The Hall–Kier alpha value is -2.54. The van der Waals surface area contributed by atoms with Crippen LogP contribution in [-0.4, -0.2) is 33.7 Å². The smallest absolute Gasteiger partial charge is 0.261 e. The molecular formula is C24H34N2O4S. The summed E-state index contributed by atoms with van der Waals surface area (Å²) in [6, 6.07) is 14.8. The molecule has 0 aliphatic heterocycles. The summed E-state index contributed by atoms with van der Waals surface area (Å²) in [4.78, 5) is 12.8. The molecule has 0 saturated carbocycles. The Bertz CT molecular complexity index is 978. The van der Waals surface area contributed by atoms with Crippen LogP contribution in [0.2, 0.25) is 0 Å². The fraction of sp³-hybridized carbons (Fsp3) is 0.458. The lowest BCUT2D eigenvalue weighted by Crippen LogP contribution is -2.39. The van der Waals surface area contributed by atoms with Crippen LogP contribution in [0.3, 0.4) is 0 Å². The topological polar surface area (TPSA) is 75.7 Å². The number of carbonyl (C=O) groups is 1. The van der Waals surface area contributed by atoms with Gasteiger partial charge in [-0.2, -0.15) is 0 Å². The molecule has 1 N–H and O–H groups in total. The Morgan fingerprint density at radius 3 is 2.06 bits per heavy atom. The van der Waals surface area contributed by atoms with Gasteiger partial charge in [0.25, 0.3) is 5.91 Å². The Labute approximate surface area is 186 Å². The lowest BCUT2D eigenvalue weighted by atomic mass is 9.86. The summed E-state index contributed by atoms with van der Waals surface area (Å²) in [5.41, 5.74) is 2.89. The highest BCUT2D eigenvalue weighted by molar-refractivity contribution is 7.92. The van der Waals surface area contributed by atoms with E-state index in [-0.39, 0.29) is 17.4 Å². The lowest BCUT2D eigenvalue weighted by molar-refractivity contribution is -0.128. The number of hydrogen-bond donors (Lipinski definition) is 1. The molecule has 2 atom stereocenters. The average Bonchev–Trinajstić information content (AvgIpc) is 2.70. The largest absolute Gasteiger partial charge is 0.481 e. The Balaban J connectivity index is 2.03. The molecule has 31 heavy (non-hydrogen) atoms. The first-order valence-electron chi connectivity index (χ1n) is 10.4. The van der Waals surface area contributed by atoms with E-state index in [0.717, 1.165) is 11.8 Å². The van der Waals surface area contributed by atoms with Crippen LogP contribution in [-0.2, 0) is 20.2 Å². The van der Waals surface area contributed by atoms with E-state index < -0.39 is 16.1 Å². The standard InChI is InChI=1S/C24H34N2O4S/c1-8-22(30-21-15-13-20(14-16-21)26(6)31(7,28)29)23(27)25-17(2)18-9-11-19(12-10-18)24(3,4)5/h9-17,22H,8H2,1-7H3,(H,25,27)/t17-,22+/m0/s1. The van der Waals surface area contributed by atoms with Gasteiger partial charge in [-0.05, 0) is 54.2 Å². The van der Waals surface area contributed by atoms with Gasteiger partial charge in [0.2, 0.25) is 10.0 Å². The van der Waals surface area contributed by atoms with Gasteiger partial charge in [-0.25, -0.2) is 8.42 Å². The first kappa shape index (κ1) is 24.7. The minimum Gasteiger partial charge on any atom is -0.481 e. The summed E-state index contributed by atoms with van der Waals surface area (Å²) >= 11 is 0. The predicted octanol–water partition coefficient (Wildman–Crippen LogP) is 4.41. The van der Waals surface area contributed by atoms with E-state index in [4.69, 9.17) is 4.74 Å². The number of ether oxygens (including phenoxy) is 1. The maximum atomic E-state index is 12.8. The highest BCUT2D eigenvalue weighted by Gasteiger charge is 2.22. The third-order valence-corrected chi connectivity index (χ3v) is 6.48. The van der Waals surface area contributed by atoms with E-state index in [1.165, 1.54) is 16.9 Å². The molecule has 0 bridgehead atoms. The molecule has 0 heterocycles. The molecule has 2 rings (SSSR count). The Kier molecular flexibility index (Phi) is 7.76. The highest BCUT2D eigenvalue weighted by atomic mass is 32.2. The van der Waals surface area contributed by atoms with Gasteiger partial charge in [0, 0.05) is 7.05 Å². The fourth-order valence-electron chi connectivity index (χ4n) is 3.07. The summed E-state index contributed by atoms with van der Waals surface area (Å²) < 4.78 is 30.4. The monoisotopic (exact) mass is 446 g/mol. The van der Waals surface area contributed by atoms with Crippen LogP contribution >= 0.6 is 0 Å². The van der Waals surface area contributed by atoms with Crippen LogP contribution < -0.4 is 14.4 Å². The molecule has 6 nitrogen and oxygen atoms in total. The number of sulfonamides is 1. The first-order chi connectivity index (χ1) is 14.3. The molecule has 7 heteroatoms. The molecule has 0 saturated heterocycles. The summed E-state index contributed by atoms with van der Waals surface area (Å²) in [6.07, 6.45) is 1.01. The van der Waals surface area contributed by atoms with Crippen LogP contribution in [0.5, 0.6) is 5.75 Å². The van der Waals surface area contributed by atoms with Crippen molar-refractivity contribution in [2.24, 2.45) is 0 Å². The Morgan fingerprint density at radius 1 is 1.06 bits per heavy atom. The van der Waals surface area contributed by atoms with Crippen molar-refractivity contribution in [2.45, 2.75) is 58.6 Å². The first-order valence-corrected chi connectivity index (χ1v) is 12.3. The van der Waals surface area contributed by atoms with Crippen molar-refractivity contribution in [1.29, 1.82) is 0 Å². The minimum atomic E-state index is -3.33. The quantitative estimate of drug-likeness (QED) is 0.651. The van der Waals surface area contributed by atoms with Gasteiger partial charge in [0.1, 0.15) is 5.75 Å². The second-order valence-electron chi connectivity index (χ2n) is 8.84. The number of hydrogen-bond acceptors (Lipinski definition) is 4. The molecular weight excluding hydrogens is 412 g/mol. The van der Waals surface area contributed by atoms with E-state index in [9.17, 15) is 13.2 Å². The number of rotatable bonds is 8. The van der Waals surface area contributed by atoms with Gasteiger partial charge in [0.15, 0.2) is 6.10 Å². The number of carbonyl (C=O) groups excluding carboxylic acids is 1. The van der Waals surface area contributed by atoms with Crippen molar-refractivity contribution >= 4 is 21.6 Å². The van der Waals surface area contributed by atoms with E-state index in [0.29, 0.717) is 17.9 Å². The number of amides is 1. The van der Waals surface area contributed by atoms with E-state index in [1.807, 2.05) is 26.0 Å². The van der Waals surface area contributed by atoms with Crippen molar-refractivity contribution < 1.29 is 17.9 Å². The van der Waals surface area contributed by atoms with E-state index >= 15 is 0 Å². The number of nitrogens with one attached hydrogen (secondary N) is 1. The molecule has 0 aliphatic rings. The second-order valence-corrected chi connectivity index (χ2v) is 10.9. The summed E-state index contributed by atoms with van der Waals surface area (Å²) in [5.74, 6) is 0.321. The zero-order valence-electron chi connectivity index (χ0n) is 19.5. The maximum Gasteiger partial charge on any atom is 0.261 e. The normalized spacial score (nSPS) is 13.9. The number of anilines is 1. The van der Waals surface area contributed by atoms with Gasteiger partial charge >= 0.3 is 0 Å². The number of nitrogens with zero attached hydrogens (tertiary/aromatic N) is 1. The second kappa shape index (κ2) is 9.73. The maximum absolute atomic E-state index is 12.8. The molecule has 1 amide bonds. The van der Waals surface area contributed by atoms with Crippen molar-refractivity contribution in [2.75, 3.05) is 17.6 Å². The van der Waals surface area contributed by atoms with Gasteiger partial charge in [0.05, 0.1) is 18.0 Å². The van der Waals surface area contributed by atoms with Gasteiger partial charge in [-0.3, -0.25) is 9.10 Å². The molecule has 0 spiro atoms. The van der Waals surface area contributed by atoms with Crippen LogP contribution in [0.1, 0.15) is 58.2 Å². The van der Waals surface area contributed by atoms with E-state index in [2.05, 4.69) is 38.2 Å². The molecule has 0 radical (unpaired) electrons. The Morgan fingerprint density at radius 2 is 1.61 bits per heavy atom. The van der Waals surface area contributed by atoms with Crippen molar-refractivity contribution in [1.82, 2.24) is 5.32 Å². The number of benzene rings is 2. The molecule has 0 unspecified atom stereocenters. The summed E-state index contributed by atoms with van der Waals surface area (Å²) in [6.45, 7) is 10.3. The molecule has 0 aromatic heterocycles. The summed E-state index contributed by atoms with van der Waals surface area (Å²) in [5, 5.41) is 3.02. The van der Waals surface area contributed by atoms with Crippen LogP contribution in [0.25, 0.3) is 0 Å². The van der Waals surface area contributed by atoms with Gasteiger partial charge in [-0.1, -0.05) is 52.0 Å². The lowest BCUT2D eigenvalue weighted by Gasteiger charge is -2.23. The predicted molar refractivity (Wildman–Crippen MR) is 126 cm³/mol. The molecule has 2 aromatic rings. The summed E-state index contributed by atoms with van der Waals surface area (Å²) in [7, 11) is -1.84. The van der Waals surface area contributed by atoms with Gasteiger partial charge < -0.3 is 10.1 Å². The van der Waals surface area contributed by atoms with Crippen LogP contribution in [0, 0.1) is 0 Å². The highest BCUT2D eigenvalue weighted by Crippen LogP contribution is 2.25. The van der Waals surface area contributed by atoms with Crippen molar-refractivity contribution in [3.05, 3.63) is 59.7 Å². The zero-order chi connectivity index (χ0) is 23.4. The average molecular weight is 447 g/mol. The third kappa shape index (κ3) is 6.72. The fourth-order valence-corrected chi connectivity index (χ4v) is 3.58. The molecule has 170 valence electrons. The van der Waals surface area contributed by atoms with Crippen molar-refractivity contribution in [3.8, 4) is 5.75 Å². The van der Waals surface area contributed by atoms with Crippen LogP contribution in [0.4, 0.5) is 5.69 Å². The van der Waals surface area contributed by atoms with Gasteiger partial charge in [-0.15, -0.1) is 0 Å². The van der Waals surface area contributed by atoms with Crippen LogP contribution in [0.15, 0.2) is 48.5 Å². The SMILES string of the molecule is CC[C@@H](Oc1ccc(N(C)S(C)(=O)=O)cc1)C(=O)N[C@@H](C)c1ccc(C(C)(C)C)cc1. The molecule has 0 aliphatic carbocycles. The van der Waals surface area contributed by atoms with E-state index in [1.54, 1.807) is 24.3 Å². The third-order valence-electron chi connectivity index (χ3n) is 5.27. The minimum absolute atomic E-state index is 0.0812. The zero-order valence-corrected chi connectivity index (χ0v) is 20.3. The molecule has 2 aromatic carbocycles. The van der Waals surface area contributed by atoms with Crippen molar-refractivity contribution in [3.63, 3.8) is 0 Å².